The number of carbonyl (C=O) groups is 1. The standard InChI is InChI=1S/C20H26N2O4/c1-16-6-3-4-7-19(16)26-14-5-12-21-20(23)22-13-15-25-18-10-8-17(24-2)9-11-18/h3-4,6-11H,5,12-15H2,1-2H3,(H2,21,22,23). The van der Waals surface area contributed by atoms with Crippen LogP contribution in [0.2, 0.25) is 0 Å². The van der Waals surface area contributed by atoms with Crippen molar-refractivity contribution in [3.05, 3.63) is 54.1 Å². The van der Waals surface area contributed by atoms with Crippen molar-refractivity contribution in [2.45, 2.75) is 13.3 Å². The van der Waals surface area contributed by atoms with Gasteiger partial charge in [0.2, 0.25) is 0 Å². The number of nitrogens with one attached hydrogen (secondary N) is 2. The van der Waals surface area contributed by atoms with Gasteiger partial charge in [0.1, 0.15) is 23.9 Å². The molecule has 26 heavy (non-hydrogen) atoms. The Morgan fingerprint density at radius 1 is 0.885 bits per heavy atom. The maximum absolute atomic E-state index is 11.7. The lowest BCUT2D eigenvalue weighted by atomic mass is 10.2. The zero-order valence-electron chi connectivity index (χ0n) is 15.3. The molecule has 0 aliphatic heterocycles. The lowest BCUT2D eigenvalue weighted by molar-refractivity contribution is 0.235. The van der Waals surface area contributed by atoms with E-state index in [0.717, 1.165) is 29.2 Å². The van der Waals surface area contributed by atoms with Crippen LogP contribution in [0.4, 0.5) is 4.79 Å². The van der Waals surface area contributed by atoms with Crippen LogP contribution in [-0.2, 0) is 0 Å². The number of aryl methyl sites for hydroxylation is 1. The molecule has 0 fully saturated rings. The zero-order valence-corrected chi connectivity index (χ0v) is 15.3. The third-order valence-corrected chi connectivity index (χ3v) is 3.67. The molecule has 0 saturated carbocycles. The van der Waals surface area contributed by atoms with Gasteiger partial charge in [0.15, 0.2) is 0 Å². The van der Waals surface area contributed by atoms with E-state index in [9.17, 15) is 4.79 Å². The van der Waals surface area contributed by atoms with Crippen molar-refractivity contribution in [1.29, 1.82) is 0 Å². The van der Waals surface area contributed by atoms with E-state index in [-0.39, 0.29) is 6.03 Å². The average Bonchev–Trinajstić information content (AvgIpc) is 2.67. The number of hydrogen-bond acceptors (Lipinski definition) is 4. The Labute approximate surface area is 154 Å². The molecule has 0 atom stereocenters. The minimum absolute atomic E-state index is 0.209. The van der Waals surface area contributed by atoms with Crippen molar-refractivity contribution in [2.75, 3.05) is 33.4 Å². The predicted molar refractivity (Wildman–Crippen MR) is 101 cm³/mol. The molecule has 0 aromatic heterocycles. The van der Waals surface area contributed by atoms with Crippen LogP contribution >= 0.6 is 0 Å². The highest BCUT2D eigenvalue weighted by molar-refractivity contribution is 5.73. The summed E-state index contributed by atoms with van der Waals surface area (Å²) in [6.07, 6.45) is 0.740. The van der Waals surface area contributed by atoms with Crippen molar-refractivity contribution in [3.63, 3.8) is 0 Å². The highest BCUT2D eigenvalue weighted by atomic mass is 16.5. The molecular formula is C20H26N2O4. The number of benzene rings is 2. The molecule has 0 aliphatic carbocycles. The molecule has 0 saturated heterocycles. The molecule has 0 heterocycles. The number of amides is 2. The topological polar surface area (TPSA) is 68.8 Å². The first-order valence-corrected chi connectivity index (χ1v) is 8.66. The third-order valence-electron chi connectivity index (χ3n) is 3.67. The summed E-state index contributed by atoms with van der Waals surface area (Å²) in [5, 5.41) is 5.55. The SMILES string of the molecule is COc1ccc(OCCNC(=O)NCCCOc2ccccc2C)cc1. The minimum atomic E-state index is -0.209. The quantitative estimate of drug-likeness (QED) is 0.640. The molecule has 0 bridgehead atoms. The van der Waals surface area contributed by atoms with Gasteiger partial charge in [-0.15, -0.1) is 0 Å². The summed E-state index contributed by atoms with van der Waals surface area (Å²) in [5.41, 5.74) is 1.11. The van der Waals surface area contributed by atoms with E-state index in [1.807, 2.05) is 55.5 Å². The van der Waals surface area contributed by atoms with Crippen LogP contribution in [0.3, 0.4) is 0 Å². The predicted octanol–water partition coefficient (Wildman–Crippen LogP) is 3.15. The summed E-state index contributed by atoms with van der Waals surface area (Å²) < 4.78 is 16.3. The molecule has 0 aliphatic rings. The van der Waals surface area contributed by atoms with E-state index in [0.29, 0.717) is 26.3 Å². The molecule has 2 N–H and O–H groups in total. The van der Waals surface area contributed by atoms with Crippen LogP contribution in [0.25, 0.3) is 0 Å². The Kier molecular flexibility index (Phi) is 8.12. The molecule has 2 amide bonds. The average molecular weight is 358 g/mol. The van der Waals surface area contributed by atoms with Crippen molar-refractivity contribution in [2.24, 2.45) is 0 Å². The third kappa shape index (κ3) is 6.93. The largest absolute Gasteiger partial charge is 0.497 e. The molecule has 2 rings (SSSR count). The number of carbonyl (C=O) groups excluding carboxylic acids is 1. The van der Waals surface area contributed by atoms with Crippen molar-refractivity contribution in [3.8, 4) is 17.2 Å². The molecule has 2 aromatic rings. The number of urea groups is 1. The van der Waals surface area contributed by atoms with Crippen LogP contribution in [-0.4, -0.2) is 39.4 Å². The van der Waals surface area contributed by atoms with Gasteiger partial charge >= 0.3 is 6.03 Å². The van der Waals surface area contributed by atoms with Crippen molar-refractivity contribution >= 4 is 6.03 Å². The molecule has 2 aromatic carbocycles. The summed E-state index contributed by atoms with van der Waals surface area (Å²) in [4.78, 5) is 11.7. The lowest BCUT2D eigenvalue weighted by Gasteiger charge is -2.10. The first kappa shape index (κ1) is 19.4. The van der Waals surface area contributed by atoms with Gasteiger partial charge in [0.05, 0.1) is 20.3 Å². The maximum atomic E-state index is 11.7. The van der Waals surface area contributed by atoms with Crippen LogP contribution in [0.1, 0.15) is 12.0 Å². The summed E-state index contributed by atoms with van der Waals surface area (Å²) in [6, 6.07) is 15.0. The summed E-state index contributed by atoms with van der Waals surface area (Å²) in [6.45, 7) is 3.95. The Morgan fingerprint density at radius 3 is 2.31 bits per heavy atom. The van der Waals surface area contributed by atoms with Crippen LogP contribution in [0.5, 0.6) is 17.2 Å². The zero-order chi connectivity index (χ0) is 18.6. The van der Waals surface area contributed by atoms with E-state index >= 15 is 0 Å². The van der Waals surface area contributed by atoms with E-state index < -0.39 is 0 Å². The number of methoxy groups -OCH3 is 1. The van der Waals surface area contributed by atoms with Crippen LogP contribution < -0.4 is 24.8 Å². The van der Waals surface area contributed by atoms with Gasteiger partial charge in [-0.3, -0.25) is 0 Å². The molecule has 0 radical (unpaired) electrons. The summed E-state index contributed by atoms with van der Waals surface area (Å²) >= 11 is 0. The summed E-state index contributed by atoms with van der Waals surface area (Å²) in [7, 11) is 1.62. The van der Waals surface area contributed by atoms with Crippen LogP contribution in [0, 0.1) is 6.92 Å². The highest BCUT2D eigenvalue weighted by Crippen LogP contribution is 2.17. The molecule has 6 heteroatoms. The smallest absolute Gasteiger partial charge is 0.314 e. The van der Waals surface area contributed by atoms with E-state index in [2.05, 4.69) is 10.6 Å². The fraction of sp³-hybridized carbons (Fsp3) is 0.350. The number of hydrogen-bond donors (Lipinski definition) is 2. The number of ether oxygens (including phenoxy) is 3. The van der Waals surface area contributed by atoms with Gasteiger partial charge in [0.25, 0.3) is 0 Å². The number of rotatable bonds is 10. The second-order valence-electron chi connectivity index (χ2n) is 5.67. The molecular weight excluding hydrogens is 332 g/mol. The second-order valence-corrected chi connectivity index (χ2v) is 5.67. The Morgan fingerprint density at radius 2 is 1.58 bits per heavy atom. The summed E-state index contributed by atoms with van der Waals surface area (Å²) in [5.74, 6) is 2.40. The molecule has 6 nitrogen and oxygen atoms in total. The van der Waals surface area contributed by atoms with Gasteiger partial charge in [-0.25, -0.2) is 4.79 Å². The van der Waals surface area contributed by atoms with Gasteiger partial charge < -0.3 is 24.8 Å². The van der Waals surface area contributed by atoms with Crippen molar-refractivity contribution < 1.29 is 19.0 Å². The van der Waals surface area contributed by atoms with Gasteiger partial charge in [-0.05, 0) is 49.2 Å². The monoisotopic (exact) mass is 358 g/mol. The van der Waals surface area contributed by atoms with Gasteiger partial charge in [-0.1, -0.05) is 18.2 Å². The second kappa shape index (κ2) is 10.9. The first-order valence-electron chi connectivity index (χ1n) is 8.66. The first-order chi connectivity index (χ1) is 12.7. The fourth-order valence-electron chi connectivity index (χ4n) is 2.24. The maximum Gasteiger partial charge on any atom is 0.314 e. The fourth-order valence-corrected chi connectivity index (χ4v) is 2.24. The minimum Gasteiger partial charge on any atom is -0.497 e. The normalized spacial score (nSPS) is 10.1. The molecule has 140 valence electrons. The Hall–Kier alpha value is -2.89. The molecule has 0 spiro atoms. The Bertz CT molecular complexity index is 674. The van der Waals surface area contributed by atoms with E-state index in [1.165, 1.54) is 0 Å². The lowest BCUT2D eigenvalue weighted by Crippen LogP contribution is -2.38. The number of para-hydroxylation sites is 1. The van der Waals surface area contributed by atoms with E-state index in [1.54, 1.807) is 7.11 Å². The van der Waals surface area contributed by atoms with Gasteiger partial charge in [0, 0.05) is 6.54 Å². The Balaban J connectivity index is 1.50. The molecule has 0 unspecified atom stereocenters. The highest BCUT2D eigenvalue weighted by Gasteiger charge is 2.01. The van der Waals surface area contributed by atoms with Crippen LogP contribution in [0.15, 0.2) is 48.5 Å². The van der Waals surface area contributed by atoms with E-state index in [4.69, 9.17) is 14.2 Å². The van der Waals surface area contributed by atoms with Crippen molar-refractivity contribution in [1.82, 2.24) is 10.6 Å². The van der Waals surface area contributed by atoms with Gasteiger partial charge in [-0.2, -0.15) is 0 Å².